The summed E-state index contributed by atoms with van der Waals surface area (Å²) in [5.74, 6) is 1.09. The molecular formula is C19H27N5O2S. The molecule has 1 aliphatic carbocycles. The van der Waals surface area contributed by atoms with Gasteiger partial charge in [-0.3, -0.25) is 9.59 Å². The Morgan fingerprint density at radius 1 is 1.19 bits per heavy atom. The van der Waals surface area contributed by atoms with Crippen LogP contribution >= 0.6 is 11.3 Å². The highest BCUT2D eigenvalue weighted by atomic mass is 32.1. The van der Waals surface area contributed by atoms with Gasteiger partial charge in [0.25, 0.3) is 5.56 Å². The van der Waals surface area contributed by atoms with E-state index in [4.69, 9.17) is 0 Å². The van der Waals surface area contributed by atoms with Gasteiger partial charge in [0.15, 0.2) is 0 Å². The Kier molecular flexibility index (Phi) is 5.16. The largest absolute Gasteiger partial charge is 0.353 e. The first-order valence-corrected chi connectivity index (χ1v) is 10.7. The van der Waals surface area contributed by atoms with E-state index in [0.717, 1.165) is 49.8 Å². The fourth-order valence-electron chi connectivity index (χ4n) is 4.09. The molecule has 1 aliphatic heterocycles. The second-order valence-corrected chi connectivity index (χ2v) is 8.98. The van der Waals surface area contributed by atoms with Crippen molar-refractivity contribution < 1.29 is 4.79 Å². The molecule has 2 fully saturated rings. The van der Waals surface area contributed by atoms with E-state index >= 15 is 0 Å². The first kappa shape index (κ1) is 18.4. The van der Waals surface area contributed by atoms with Crippen molar-refractivity contribution >= 4 is 27.3 Å². The van der Waals surface area contributed by atoms with Crippen molar-refractivity contribution in [1.29, 1.82) is 0 Å². The average Bonchev–Trinajstić information content (AvgIpc) is 3.08. The van der Waals surface area contributed by atoms with Crippen LogP contribution in [0.4, 0.5) is 5.13 Å². The zero-order valence-electron chi connectivity index (χ0n) is 16.0. The summed E-state index contributed by atoms with van der Waals surface area (Å²) in [5.41, 5.74) is 0.568. The van der Waals surface area contributed by atoms with Crippen LogP contribution in [-0.2, 0) is 4.79 Å². The van der Waals surface area contributed by atoms with Crippen molar-refractivity contribution in [3.8, 4) is 0 Å². The molecule has 1 saturated carbocycles. The van der Waals surface area contributed by atoms with Gasteiger partial charge in [-0.2, -0.15) is 4.52 Å². The standard InChI is InChI=1S/C19H27N5O2S/c1-12-3-5-15(6-4-12)21-17(26)14-7-9-23(10-8-14)19-22-24-16(25)11-13(2)20-18(24)27-19/h11-12,14-15H,3-10H2,1-2H3,(H,21,26). The number of anilines is 1. The predicted molar refractivity (Wildman–Crippen MR) is 106 cm³/mol. The molecule has 0 unspecified atom stereocenters. The maximum atomic E-state index is 12.6. The van der Waals surface area contributed by atoms with Gasteiger partial charge in [0, 0.05) is 36.8 Å². The van der Waals surface area contributed by atoms with Crippen LogP contribution in [0.25, 0.3) is 4.96 Å². The third-order valence-electron chi connectivity index (χ3n) is 5.86. The Bertz CT molecular complexity index is 876. The molecule has 0 radical (unpaired) electrons. The Labute approximate surface area is 162 Å². The second kappa shape index (κ2) is 7.58. The van der Waals surface area contributed by atoms with E-state index in [1.165, 1.54) is 34.8 Å². The highest BCUT2D eigenvalue weighted by Crippen LogP contribution is 2.28. The van der Waals surface area contributed by atoms with Crippen LogP contribution in [0.2, 0.25) is 0 Å². The zero-order chi connectivity index (χ0) is 19.0. The summed E-state index contributed by atoms with van der Waals surface area (Å²) in [5, 5.41) is 8.52. The lowest BCUT2D eigenvalue weighted by molar-refractivity contribution is -0.126. The number of hydrogen-bond acceptors (Lipinski definition) is 6. The highest BCUT2D eigenvalue weighted by Gasteiger charge is 2.29. The number of carbonyl (C=O) groups excluding carboxylic acids is 1. The van der Waals surface area contributed by atoms with Gasteiger partial charge in [-0.15, -0.1) is 5.10 Å². The van der Waals surface area contributed by atoms with E-state index in [1.807, 2.05) is 6.92 Å². The van der Waals surface area contributed by atoms with Gasteiger partial charge in [0.05, 0.1) is 0 Å². The quantitative estimate of drug-likeness (QED) is 0.872. The molecule has 146 valence electrons. The Hall–Kier alpha value is -1.96. The molecular weight excluding hydrogens is 362 g/mol. The van der Waals surface area contributed by atoms with Gasteiger partial charge in [-0.05, 0) is 51.4 Å². The molecule has 27 heavy (non-hydrogen) atoms. The van der Waals surface area contributed by atoms with E-state index < -0.39 is 0 Å². The number of hydrogen-bond donors (Lipinski definition) is 1. The summed E-state index contributed by atoms with van der Waals surface area (Å²) in [4.78, 5) is 31.8. The van der Waals surface area contributed by atoms with Crippen molar-refractivity contribution in [2.75, 3.05) is 18.0 Å². The van der Waals surface area contributed by atoms with E-state index in [0.29, 0.717) is 16.7 Å². The third-order valence-corrected chi connectivity index (χ3v) is 6.83. The fourth-order valence-corrected chi connectivity index (χ4v) is 5.10. The van der Waals surface area contributed by atoms with E-state index in [-0.39, 0.29) is 17.4 Å². The number of aromatic nitrogens is 3. The molecule has 3 heterocycles. The molecule has 2 aromatic rings. The first-order valence-electron chi connectivity index (χ1n) is 9.92. The van der Waals surface area contributed by atoms with Crippen molar-refractivity contribution in [3.05, 3.63) is 22.1 Å². The first-order chi connectivity index (χ1) is 13.0. The Morgan fingerprint density at radius 3 is 2.59 bits per heavy atom. The summed E-state index contributed by atoms with van der Waals surface area (Å²) >= 11 is 1.44. The highest BCUT2D eigenvalue weighted by molar-refractivity contribution is 7.20. The average molecular weight is 390 g/mol. The number of carbonyl (C=O) groups is 1. The third kappa shape index (κ3) is 4.00. The second-order valence-electron chi connectivity index (χ2n) is 8.04. The minimum Gasteiger partial charge on any atom is -0.353 e. The monoisotopic (exact) mass is 389 g/mol. The predicted octanol–water partition coefficient (Wildman–Crippen LogP) is 2.37. The molecule has 1 amide bonds. The smallest absolute Gasteiger partial charge is 0.275 e. The summed E-state index contributed by atoms with van der Waals surface area (Å²) in [6, 6.07) is 1.86. The number of aryl methyl sites for hydroxylation is 1. The van der Waals surface area contributed by atoms with Crippen molar-refractivity contribution in [2.24, 2.45) is 11.8 Å². The van der Waals surface area contributed by atoms with Crippen LogP contribution in [0.5, 0.6) is 0 Å². The summed E-state index contributed by atoms with van der Waals surface area (Å²) < 4.78 is 1.37. The normalized spacial score (nSPS) is 24.3. The van der Waals surface area contributed by atoms with Crippen molar-refractivity contribution in [3.63, 3.8) is 0 Å². The molecule has 2 aliphatic rings. The molecule has 4 rings (SSSR count). The lowest BCUT2D eigenvalue weighted by Crippen LogP contribution is -2.44. The number of rotatable bonds is 3. The summed E-state index contributed by atoms with van der Waals surface area (Å²) in [6.45, 7) is 5.68. The van der Waals surface area contributed by atoms with E-state index in [1.54, 1.807) is 0 Å². The molecule has 1 saturated heterocycles. The van der Waals surface area contributed by atoms with Crippen LogP contribution in [0, 0.1) is 18.8 Å². The number of amides is 1. The molecule has 2 aromatic heterocycles. The van der Waals surface area contributed by atoms with Gasteiger partial charge >= 0.3 is 0 Å². The molecule has 0 spiro atoms. The summed E-state index contributed by atoms with van der Waals surface area (Å²) in [6.07, 6.45) is 6.30. The van der Waals surface area contributed by atoms with E-state index in [9.17, 15) is 9.59 Å². The van der Waals surface area contributed by atoms with Crippen LogP contribution in [0.15, 0.2) is 10.9 Å². The molecule has 7 nitrogen and oxygen atoms in total. The molecule has 0 aromatic carbocycles. The number of fused-ring (bicyclic) bond motifs is 1. The van der Waals surface area contributed by atoms with Gasteiger partial charge in [0.2, 0.25) is 16.0 Å². The maximum absolute atomic E-state index is 12.6. The van der Waals surface area contributed by atoms with Gasteiger partial charge in [-0.25, -0.2) is 4.98 Å². The van der Waals surface area contributed by atoms with Crippen LogP contribution in [0.1, 0.15) is 51.1 Å². The van der Waals surface area contributed by atoms with Crippen LogP contribution in [0.3, 0.4) is 0 Å². The molecule has 0 bridgehead atoms. The van der Waals surface area contributed by atoms with Crippen LogP contribution < -0.4 is 15.8 Å². The fraction of sp³-hybridized carbons (Fsp3) is 0.684. The summed E-state index contributed by atoms with van der Waals surface area (Å²) in [7, 11) is 0. The van der Waals surface area contributed by atoms with Crippen molar-refractivity contribution in [1.82, 2.24) is 19.9 Å². The van der Waals surface area contributed by atoms with Gasteiger partial charge in [-0.1, -0.05) is 18.3 Å². The number of nitrogens with one attached hydrogen (secondary N) is 1. The molecule has 8 heteroatoms. The van der Waals surface area contributed by atoms with Gasteiger partial charge in [0.1, 0.15) is 0 Å². The molecule has 1 N–H and O–H groups in total. The van der Waals surface area contributed by atoms with Crippen molar-refractivity contribution in [2.45, 2.75) is 58.4 Å². The van der Waals surface area contributed by atoms with Gasteiger partial charge < -0.3 is 10.2 Å². The number of nitrogens with zero attached hydrogens (tertiary/aromatic N) is 4. The Balaban J connectivity index is 1.35. The maximum Gasteiger partial charge on any atom is 0.275 e. The zero-order valence-corrected chi connectivity index (χ0v) is 16.8. The lowest BCUT2D eigenvalue weighted by Gasteiger charge is -2.33. The Morgan fingerprint density at radius 2 is 1.89 bits per heavy atom. The minimum atomic E-state index is -0.143. The molecule has 0 atom stereocenters. The van der Waals surface area contributed by atoms with E-state index in [2.05, 4.69) is 27.2 Å². The topological polar surface area (TPSA) is 79.6 Å². The SMILES string of the molecule is Cc1cc(=O)n2nc(N3CCC(C(=O)NC4CCC(C)CC4)CC3)sc2n1. The lowest BCUT2D eigenvalue weighted by atomic mass is 9.86. The minimum absolute atomic E-state index is 0.0815. The van der Waals surface area contributed by atoms with Crippen LogP contribution in [-0.4, -0.2) is 39.6 Å². The number of piperidine rings is 1.